The molecular formula is C36H44N4O9. The number of nitrogens with one attached hydrogen (secondary N) is 2. The Bertz CT molecular complexity index is 1470. The third kappa shape index (κ3) is 12.7. The summed E-state index contributed by atoms with van der Waals surface area (Å²) in [7, 11) is 0. The number of carbonyl (C=O) groups excluding carboxylic acids is 5. The highest BCUT2D eigenvalue weighted by molar-refractivity contribution is 6.13. The van der Waals surface area contributed by atoms with E-state index < -0.39 is 11.8 Å². The van der Waals surface area contributed by atoms with E-state index in [2.05, 4.69) is 16.7 Å². The van der Waals surface area contributed by atoms with E-state index in [1.165, 1.54) is 12.2 Å². The maximum atomic E-state index is 13.3. The summed E-state index contributed by atoms with van der Waals surface area (Å²) in [6.45, 7) is 3.81. The van der Waals surface area contributed by atoms with E-state index in [9.17, 15) is 24.0 Å². The molecule has 0 saturated heterocycles. The van der Waals surface area contributed by atoms with Crippen molar-refractivity contribution < 1.29 is 42.9 Å². The van der Waals surface area contributed by atoms with Crippen molar-refractivity contribution in [1.82, 2.24) is 15.5 Å². The van der Waals surface area contributed by atoms with E-state index >= 15 is 0 Å². The number of carbonyl (C=O) groups is 5. The van der Waals surface area contributed by atoms with Crippen molar-refractivity contribution in [3.05, 3.63) is 77.4 Å². The molecule has 2 aromatic carbocycles. The van der Waals surface area contributed by atoms with E-state index in [-0.39, 0.29) is 56.7 Å². The fraction of sp³-hybridized carbons (Fsp3) is 0.417. The van der Waals surface area contributed by atoms with Crippen molar-refractivity contribution in [1.29, 1.82) is 0 Å². The minimum absolute atomic E-state index is 0.0383. The second-order valence-corrected chi connectivity index (χ2v) is 11.1. The van der Waals surface area contributed by atoms with Crippen LogP contribution < -0.4 is 15.5 Å². The lowest BCUT2D eigenvalue weighted by Crippen LogP contribution is -2.35. The normalized spacial score (nSPS) is 13.6. The molecule has 0 atom stereocenters. The summed E-state index contributed by atoms with van der Waals surface area (Å²) < 4.78 is 21.8. The summed E-state index contributed by atoms with van der Waals surface area (Å²) in [5.74, 6) is -1.32. The molecule has 0 saturated carbocycles. The highest BCUT2D eigenvalue weighted by atomic mass is 16.6. The fourth-order valence-electron chi connectivity index (χ4n) is 5.05. The average molecular weight is 677 g/mol. The molecule has 0 fully saturated rings. The van der Waals surface area contributed by atoms with Gasteiger partial charge in [0.15, 0.2) is 0 Å². The van der Waals surface area contributed by atoms with Crippen molar-refractivity contribution in [2.24, 2.45) is 0 Å². The molecule has 2 aromatic rings. The Morgan fingerprint density at radius 3 is 1.86 bits per heavy atom. The molecular weight excluding hydrogens is 632 g/mol. The van der Waals surface area contributed by atoms with Crippen LogP contribution in [-0.4, -0.2) is 107 Å². The van der Waals surface area contributed by atoms with Crippen molar-refractivity contribution in [3.8, 4) is 0 Å². The molecule has 0 radical (unpaired) electrons. The van der Waals surface area contributed by atoms with E-state index in [0.717, 1.165) is 27.3 Å². The van der Waals surface area contributed by atoms with Crippen LogP contribution in [-0.2, 0) is 49.5 Å². The van der Waals surface area contributed by atoms with Gasteiger partial charge in [-0.1, -0.05) is 54.6 Å². The third-order valence-corrected chi connectivity index (χ3v) is 7.64. The summed E-state index contributed by atoms with van der Waals surface area (Å²) in [4.78, 5) is 63.1. The van der Waals surface area contributed by atoms with E-state index in [1.807, 2.05) is 54.6 Å². The van der Waals surface area contributed by atoms with Crippen molar-refractivity contribution in [3.63, 3.8) is 0 Å². The van der Waals surface area contributed by atoms with E-state index in [0.29, 0.717) is 59.3 Å². The van der Waals surface area contributed by atoms with Crippen molar-refractivity contribution >= 4 is 47.4 Å². The van der Waals surface area contributed by atoms with E-state index in [4.69, 9.17) is 18.9 Å². The van der Waals surface area contributed by atoms with Crippen LogP contribution in [0.4, 0.5) is 5.69 Å². The molecule has 49 heavy (non-hydrogen) atoms. The Balaban J connectivity index is 0.943. The zero-order chi connectivity index (χ0) is 34.7. The summed E-state index contributed by atoms with van der Waals surface area (Å²) >= 11 is 0. The van der Waals surface area contributed by atoms with Gasteiger partial charge in [0.25, 0.3) is 11.8 Å². The first kappa shape index (κ1) is 37.1. The minimum Gasteiger partial charge on any atom is -0.379 e. The van der Waals surface area contributed by atoms with Crippen LogP contribution in [0.5, 0.6) is 0 Å². The number of anilines is 1. The molecule has 0 unspecified atom stereocenters. The largest absolute Gasteiger partial charge is 0.379 e. The zero-order valence-corrected chi connectivity index (χ0v) is 27.6. The van der Waals surface area contributed by atoms with Gasteiger partial charge in [-0.2, -0.15) is 0 Å². The Morgan fingerprint density at radius 2 is 1.14 bits per heavy atom. The molecule has 2 aliphatic rings. The van der Waals surface area contributed by atoms with Gasteiger partial charge in [-0.25, -0.2) is 0 Å². The molecule has 2 aliphatic heterocycles. The number of rotatable bonds is 21. The smallest absolute Gasteiger partial charge is 0.253 e. The second kappa shape index (κ2) is 20.6. The SMILES string of the molecule is O=C(CCOCCOCCOCCOCCNC(=O)CCN1C(=O)C=CC1=O)NCCC(=O)N1Cc2ccccc2C=Cc2ccccc21. The predicted molar refractivity (Wildman–Crippen MR) is 182 cm³/mol. The topological polar surface area (TPSA) is 153 Å². The van der Waals surface area contributed by atoms with Crippen LogP contribution in [0.2, 0.25) is 0 Å². The lowest BCUT2D eigenvalue weighted by molar-refractivity contribution is -0.137. The predicted octanol–water partition coefficient (Wildman–Crippen LogP) is 2.10. The maximum Gasteiger partial charge on any atom is 0.253 e. The first-order valence-corrected chi connectivity index (χ1v) is 16.5. The first-order valence-electron chi connectivity index (χ1n) is 16.5. The number of nitrogens with zero attached hydrogens (tertiary/aromatic N) is 2. The molecule has 0 aliphatic carbocycles. The van der Waals surface area contributed by atoms with Gasteiger partial charge < -0.3 is 34.5 Å². The van der Waals surface area contributed by atoms with Crippen LogP contribution in [0.3, 0.4) is 0 Å². The van der Waals surface area contributed by atoms with Crippen molar-refractivity contribution in [2.75, 3.05) is 77.4 Å². The quantitative estimate of drug-likeness (QED) is 0.150. The van der Waals surface area contributed by atoms with Gasteiger partial charge in [0.2, 0.25) is 17.7 Å². The number of fused-ring (bicyclic) bond motifs is 2. The number of para-hydroxylation sites is 1. The van der Waals surface area contributed by atoms with Crippen LogP contribution in [0.25, 0.3) is 12.2 Å². The van der Waals surface area contributed by atoms with Gasteiger partial charge in [0.05, 0.1) is 65.1 Å². The van der Waals surface area contributed by atoms with Crippen molar-refractivity contribution in [2.45, 2.75) is 25.8 Å². The molecule has 5 amide bonds. The highest BCUT2D eigenvalue weighted by Gasteiger charge is 2.23. The fourth-order valence-corrected chi connectivity index (χ4v) is 5.05. The van der Waals surface area contributed by atoms with Crippen LogP contribution in [0.15, 0.2) is 60.7 Å². The molecule has 13 nitrogen and oxygen atoms in total. The summed E-state index contributed by atoms with van der Waals surface area (Å²) in [5, 5.41) is 5.48. The molecule has 4 rings (SSSR count). The summed E-state index contributed by atoms with van der Waals surface area (Å²) in [6.07, 6.45) is 6.87. The van der Waals surface area contributed by atoms with Gasteiger partial charge >= 0.3 is 0 Å². The van der Waals surface area contributed by atoms with Gasteiger partial charge in [0.1, 0.15) is 0 Å². The molecule has 2 N–H and O–H groups in total. The molecule has 262 valence electrons. The number of benzene rings is 2. The Labute approximate surface area is 286 Å². The number of amides is 5. The number of hydrogen-bond acceptors (Lipinski definition) is 9. The van der Waals surface area contributed by atoms with Crippen LogP contribution in [0, 0.1) is 0 Å². The minimum atomic E-state index is -0.406. The summed E-state index contributed by atoms with van der Waals surface area (Å²) in [5.41, 5.74) is 3.95. The van der Waals surface area contributed by atoms with Crippen LogP contribution >= 0.6 is 0 Å². The second-order valence-electron chi connectivity index (χ2n) is 11.1. The standard InChI is InChI=1S/C36H44N4O9/c41-32(14-18-39-34(43)11-12-35(39)44)38-17-20-47-22-24-49-26-25-48-23-21-46-19-15-33(42)37-16-13-36(45)40-27-30-7-2-1-5-28(30)9-10-29-6-3-4-8-31(29)40/h1-12H,13-27H2,(H,37,42)(H,38,41). The zero-order valence-electron chi connectivity index (χ0n) is 27.6. The Hall–Kier alpha value is -4.69. The summed E-state index contributed by atoms with van der Waals surface area (Å²) in [6, 6.07) is 15.8. The van der Waals surface area contributed by atoms with Gasteiger partial charge in [-0.3, -0.25) is 28.9 Å². The average Bonchev–Trinajstić information content (AvgIpc) is 3.42. The molecule has 0 aromatic heterocycles. The maximum absolute atomic E-state index is 13.3. The number of ether oxygens (including phenoxy) is 4. The Morgan fingerprint density at radius 1 is 0.592 bits per heavy atom. The highest BCUT2D eigenvalue weighted by Crippen LogP contribution is 2.29. The van der Waals surface area contributed by atoms with Crippen LogP contribution in [0.1, 0.15) is 36.0 Å². The monoisotopic (exact) mass is 676 g/mol. The lowest BCUT2D eigenvalue weighted by atomic mass is 10.0. The molecule has 13 heteroatoms. The Kier molecular flexibility index (Phi) is 15.6. The lowest BCUT2D eigenvalue weighted by Gasteiger charge is -2.27. The first-order chi connectivity index (χ1) is 23.9. The molecule has 2 heterocycles. The van der Waals surface area contributed by atoms with Gasteiger partial charge in [0, 0.05) is 51.0 Å². The molecule has 0 spiro atoms. The van der Waals surface area contributed by atoms with E-state index in [1.54, 1.807) is 4.90 Å². The molecule has 0 bridgehead atoms. The number of hydrogen-bond donors (Lipinski definition) is 2. The van der Waals surface area contributed by atoms with Gasteiger partial charge in [-0.05, 0) is 22.8 Å². The number of imide groups is 1. The third-order valence-electron chi connectivity index (χ3n) is 7.64. The van der Waals surface area contributed by atoms with Gasteiger partial charge in [-0.15, -0.1) is 0 Å².